The summed E-state index contributed by atoms with van der Waals surface area (Å²) >= 11 is 0. The summed E-state index contributed by atoms with van der Waals surface area (Å²) in [6.07, 6.45) is 3.21. The van der Waals surface area contributed by atoms with Crippen molar-refractivity contribution in [3.05, 3.63) is 83.2 Å². The van der Waals surface area contributed by atoms with Crippen LogP contribution in [-0.4, -0.2) is 35.1 Å². The van der Waals surface area contributed by atoms with Crippen molar-refractivity contribution >= 4 is 21.6 Å². The molecule has 190 valence electrons. The van der Waals surface area contributed by atoms with Crippen LogP contribution >= 0.6 is 0 Å². The van der Waals surface area contributed by atoms with Crippen LogP contribution in [0.1, 0.15) is 36.1 Å². The molecule has 0 aromatic heterocycles. The molecule has 0 aliphatic heterocycles. The molecule has 9 heteroatoms. The maximum atomic E-state index is 13.7. The third-order valence-corrected chi connectivity index (χ3v) is 8.11. The molecule has 0 radical (unpaired) electrons. The van der Waals surface area contributed by atoms with Crippen LogP contribution < -0.4 is 19.1 Å². The van der Waals surface area contributed by atoms with E-state index in [-0.39, 0.29) is 22.4 Å². The monoisotopic (exact) mass is 512 g/mol. The third kappa shape index (κ3) is 5.31. The van der Waals surface area contributed by atoms with Crippen LogP contribution in [0, 0.1) is 5.82 Å². The van der Waals surface area contributed by atoms with E-state index in [0.29, 0.717) is 5.75 Å². The van der Waals surface area contributed by atoms with Crippen molar-refractivity contribution in [2.24, 2.45) is 0 Å². The summed E-state index contributed by atoms with van der Waals surface area (Å²) in [7, 11) is -1.36. The van der Waals surface area contributed by atoms with Crippen molar-refractivity contribution < 1.29 is 27.1 Å². The summed E-state index contributed by atoms with van der Waals surface area (Å²) in [4.78, 5) is 13.0. The number of hydrogen-bond acceptors (Lipinski definition) is 5. The minimum absolute atomic E-state index is 0.0936. The van der Waals surface area contributed by atoms with E-state index in [1.807, 2.05) is 13.0 Å². The van der Waals surface area contributed by atoms with E-state index in [4.69, 9.17) is 9.47 Å². The van der Waals surface area contributed by atoms with Crippen molar-refractivity contribution in [1.29, 1.82) is 0 Å². The molecular formula is C27H29FN2O5S. The number of amides is 1. The maximum absolute atomic E-state index is 13.7. The first-order valence-corrected chi connectivity index (χ1v) is 13.1. The van der Waals surface area contributed by atoms with Gasteiger partial charge < -0.3 is 14.8 Å². The molecule has 1 aliphatic rings. The number of methoxy groups -OCH3 is 2. The lowest BCUT2D eigenvalue weighted by atomic mass is 10.0. The van der Waals surface area contributed by atoms with Crippen LogP contribution in [0.2, 0.25) is 0 Å². The lowest BCUT2D eigenvalue weighted by Gasteiger charge is -2.25. The van der Waals surface area contributed by atoms with Gasteiger partial charge in [-0.05, 0) is 79.3 Å². The number of hydrogen-bond donors (Lipinski definition) is 1. The highest BCUT2D eigenvalue weighted by Crippen LogP contribution is 2.32. The Kier molecular flexibility index (Phi) is 7.49. The van der Waals surface area contributed by atoms with Gasteiger partial charge in [0.1, 0.15) is 12.4 Å². The first kappa shape index (κ1) is 25.5. The van der Waals surface area contributed by atoms with Crippen LogP contribution in [0.4, 0.5) is 10.1 Å². The lowest BCUT2D eigenvalue weighted by molar-refractivity contribution is -0.120. The van der Waals surface area contributed by atoms with E-state index in [0.717, 1.165) is 41.3 Å². The number of aryl methyl sites for hydroxylation is 2. The Balaban J connectivity index is 1.61. The highest BCUT2D eigenvalue weighted by atomic mass is 32.2. The molecule has 0 spiro atoms. The van der Waals surface area contributed by atoms with E-state index in [1.165, 1.54) is 55.7 Å². The van der Waals surface area contributed by atoms with E-state index < -0.39 is 28.3 Å². The second kappa shape index (κ2) is 10.6. The second-order valence-corrected chi connectivity index (χ2v) is 10.5. The smallest absolute Gasteiger partial charge is 0.264 e. The number of ether oxygens (including phenoxy) is 2. The Labute approximate surface area is 210 Å². The van der Waals surface area contributed by atoms with Crippen molar-refractivity contribution in [2.75, 3.05) is 25.1 Å². The van der Waals surface area contributed by atoms with Crippen LogP contribution in [0.5, 0.6) is 11.5 Å². The number of rotatable bonds is 9. The first-order chi connectivity index (χ1) is 17.2. The molecule has 4 rings (SSSR count). The lowest BCUT2D eigenvalue weighted by Crippen LogP contribution is -2.41. The molecule has 3 aromatic rings. The van der Waals surface area contributed by atoms with E-state index in [9.17, 15) is 17.6 Å². The average molecular weight is 513 g/mol. The Morgan fingerprint density at radius 1 is 0.972 bits per heavy atom. The molecule has 0 fully saturated rings. The predicted molar refractivity (Wildman–Crippen MR) is 136 cm³/mol. The van der Waals surface area contributed by atoms with Gasteiger partial charge in [0, 0.05) is 6.07 Å². The third-order valence-electron chi connectivity index (χ3n) is 6.34. The highest BCUT2D eigenvalue weighted by Gasteiger charge is 2.29. The molecule has 0 bridgehead atoms. The summed E-state index contributed by atoms with van der Waals surface area (Å²) in [6, 6.07) is 15.0. The topological polar surface area (TPSA) is 84.9 Å². The van der Waals surface area contributed by atoms with Crippen molar-refractivity contribution in [2.45, 2.75) is 37.1 Å². The second-order valence-electron chi connectivity index (χ2n) is 8.68. The Morgan fingerprint density at radius 3 is 2.36 bits per heavy atom. The summed E-state index contributed by atoms with van der Waals surface area (Å²) in [5.41, 5.74) is 3.74. The SMILES string of the molecule is COc1ccc(S(=O)(=O)N(CC(=O)N[C@H](C)c2ccc3c(c2)CCC3)c2ccc(F)cc2)cc1OC. The number of carbonyl (C=O) groups is 1. The number of fused-ring (bicyclic) bond motifs is 1. The molecule has 0 saturated heterocycles. The molecule has 7 nitrogen and oxygen atoms in total. The Bertz CT molecular complexity index is 1360. The molecule has 3 aromatic carbocycles. The van der Waals surface area contributed by atoms with Gasteiger partial charge in [0.25, 0.3) is 10.0 Å². The number of benzene rings is 3. The van der Waals surface area contributed by atoms with Crippen molar-refractivity contribution in [1.82, 2.24) is 5.32 Å². The predicted octanol–water partition coefficient (Wildman–Crippen LogP) is 4.40. The maximum Gasteiger partial charge on any atom is 0.264 e. The molecule has 1 amide bonds. The zero-order chi connectivity index (χ0) is 25.9. The van der Waals surface area contributed by atoms with Gasteiger partial charge in [-0.25, -0.2) is 12.8 Å². The molecule has 0 heterocycles. The average Bonchev–Trinajstić information content (AvgIpc) is 3.35. The highest BCUT2D eigenvalue weighted by molar-refractivity contribution is 7.92. The van der Waals surface area contributed by atoms with E-state index >= 15 is 0 Å². The quantitative estimate of drug-likeness (QED) is 0.459. The number of sulfonamides is 1. The van der Waals surface area contributed by atoms with Gasteiger partial charge in [-0.2, -0.15) is 0 Å². The van der Waals surface area contributed by atoms with Gasteiger partial charge in [0.15, 0.2) is 11.5 Å². The van der Waals surface area contributed by atoms with Crippen LogP contribution in [0.25, 0.3) is 0 Å². The summed E-state index contributed by atoms with van der Waals surface area (Å²) in [6.45, 7) is 1.37. The molecule has 0 unspecified atom stereocenters. The standard InChI is InChI=1S/C27H29FN2O5S/c1-18(20-8-7-19-5-4-6-21(19)15-20)29-27(31)17-30(23-11-9-22(28)10-12-23)36(32,33)24-13-14-25(34-2)26(16-24)35-3/h7-16,18H,4-6,17H2,1-3H3,(H,29,31)/t18-/m1/s1. The van der Waals surface area contributed by atoms with Gasteiger partial charge in [0.05, 0.1) is 30.8 Å². The fraction of sp³-hybridized carbons (Fsp3) is 0.296. The van der Waals surface area contributed by atoms with Gasteiger partial charge >= 0.3 is 0 Å². The van der Waals surface area contributed by atoms with Gasteiger partial charge in [0.2, 0.25) is 5.91 Å². The number of nitrogens with one attached hydrogen (secondary N) is 1. The van der Waals surface area contributed by atoms with Crippen LogP contribution in [0.15, 0.2) is 65.6 Å². The molecule has 1 N–H and O–H groups in total. The Morgan fingerprint density at radius 2 is 1.67 bits per heavy atom. The number of anilines is 1. The van der Waals surface area contributed by atoms with E-state index in [1.54, 1.807) is 0 Å². The zero-order valence-electron chi connectivity index (χ0n) is 20.5. The van der Waals surface area contributed by atoms with E-state index in [2.05, 4.69) is 17.4 Å². The fourth-order valence-corrected chi connectivity index (χ4v) is 5.83. The Hall–Kier alpha value is -3.59. The normalized spacial score (nSPS) is 13.6. The zero-order valence-corrected chi connectivity index (χ0v) is 21.3. The van der Waals surface area contributed by atoms with Crippen molar-refractivity contribution in [3.8, 4) is 11.5 Å². The van der Waals surface area contributed by atoms with Crippen LogP contribution in [0.3, 0.4) is 0 Å². The molecular weight excluding hydrogens is 483 g/mol. The number of carbonyl (C=O) groups excluding carboxylic acids is 1. The van der Waals surface area contributed by atoms with Gasteiger partial charge in [-0.1, -0.05) is 18.2 Å². The number of nitrogens with zero attached hydrogens (tertiary/aromatic N) is 1. The molecule has 1 atom stereocenters. The molecule has 1 aliphatic carbocycles. The van der Waals surface area contributed by atoms with Crippen LogP contribution in [-0.2, 0) is 27.7 Å². The first-order valence-electron chi connectivity index (χ1n) is 11.6. The fourth-order valence-electron chi connectivity index (χ4n) is 4.39. The van der Waals surface area contributed by atoms with Crippen molar-refractivity contribution in [3.63, 3.8) is 0 Å². The molecule has 0 saturated carbocycles. The summed E-state index contributed by atoms with van der Waals surface area (Å²) in [5.74, 6) is -0.411. The summed E-state index contributed by atoms with van der Waals surface area (Å²) in [5, 5.41) is 2.90. The minimum atomic E-state index is -4.21. The minimum Gasteiger partial charge on any atom is -0.493 e. The van der Waals surface area contributed by atoms with Gasteiger partial charge in [-0.3, -0.25) is 9.10 Å². The summed E-state index contributed by atoms with van der Waals surface area (Å²) < 4.78 is 52.3. The number of halogens is 1. The molecule has 36 heavy (non-hydrogen) atoms. The largest absolute Gasteiger partial charge is 0.493 e. The van der Waals surface area contributed by atoms with Gasteiger partial charge in [-0.15, -0.1) is 0 Å².